The van der Waals surface area contributed by atoms with Crippen molar-refractivity contribution in [2.75, 3.05) is 0 Å². The van der Waals surface area contributed by atoms with E-state index in [0.717, 1.165) is 9.13 Å². The van der Waals surface area contributed by atoms with Gasteiger partial charge in [0.2, 0.25) is 0 Å². The zero-order valence-corrected chi connectivity index (χ0v) is 11.6. The van der Waals surface area contributed by atoms with Crippen LogP contribution in [0.25, 0.3) is 12.3 Å². The first-order valence-corrected chi connectivity index (χ1v) is 5.04. The van der Waals surface area contributed by atoms with Crippen molar-refractivity contribution >= 4 is 22.6 Å². The summed E-state index contributed by atoms with van der Waals surface area (Å²) in [5, 5.41) is 9.67. The molecular weight excluding hydrogens is 362 g/mol. The largest absolute Gasteiger partial charge is 0.693 e. The maximum atomic E-state index is 9.67. The Morgan fingerprint density at radius 3 is 1.87 bits per heavy atom. The Kier molecular flexibility index (Phi) is 13.1. The predicted octanol–water partition coefficient (Wildman–Crippen LogP) is 4.37. The number of rotatable bonds is 1. The van der Waals surface area contributed by atoms with Gasteiger partial charge in [0.15, 0.2) is 0 Å². The molecule has 1 aromatic rings. The van der Waals surface area contributed by atoms with Crippen molar-refractivity contribution < 1.29 is 25.1 Å². The molecule has 0 fully saturated rings. The Labute approximate surface area is 112 Å². The summed E-state index contributed by atoms with van der Waals surface area (Å²) in [5.74, 6) is 0. The molecule has 0 saturated carbocycles. The van der Waals surface area contributed by atoms with Crippen LogP contribution in [0.1, 0.15) is 19.4 Å². The van der Waals surface area contributed by atoms with Gasteiger partial charge in [-0.25, -0.2) is 0 Å². The molecule has 5 N–H and O–H groups in total. The summed E-state index contributed by atoms with van der Waals surface area (Å²) in [5.41, 5.74) is 0.262. The fraction of sp³-hybridized carbons (Fsp3) is 0.333. The molecule has 15 heavy (non-hydrogen) atoms. The van der Waals surface area contributed by atoms with Crippen molar-refractivity contribution in [1.29, 1.82) is 0 Å². The van der Waals surface area contributed by atoms with Crippen molar-refractivity contribution in [3.8, 4) is 0 Å². The predicted molar refractivity (Wildman–Crippen MR) is 66.1 cm³/mol. The molecule has 94 valence electrons. The zero-order valence-electron chi connectivity index (χ0n) is 8.47. The third kappa shape index (κ3) is 7.21. The van der Waals surface area contributed by atoms with Crippen LogP contribution in [0.5, 0.6) is 0 Å². The van der Waals surface area contributed by atoms with Crippen molar-refractivity contribution in [3.05, 3.63) is 45.7 Å². The molecule has 0 aliphatic heterocycles. The topological polar surface area (TPSA) is 87.2 Å². The van der Waals surface area contributed by atoms with Crippen molar-refractivity contribution in [2.45, 2.75) is 19.4 Å². The molecule has 0 radical (unpaired) electrons. The first kappa shape index (κ1) is 20.7. The molecule has 0 bridgehead atoms. The van der Waals surface area contributed by atoms with Gasteiger partial charge in [0.25, 0.3) is 0 Å². The van der Waals surface area contributed by atoms with E-state index in [9.17, 15) is 5.11 Å². The van der Waals surface area contributed by atoms with Crippen molar-refractivity contribution in [1.82, 2.24) is 0 Å². The number of hydrogen-bond acceptors (Lipinski definition) is 1. The maximum absolute atomic E-state index is 9.67. The van der Waals surface area contributed by atoms with Gasteiger partial charge in [-0.3, -0.25) is 0 Å². The number of nitrogens with two attached hydrogens (primary N) is 2. The van der Waals surface area contributed by atoms with E-state index in [2.05, 4.69) is 39.1 Å². The molecular formula is C9H15CuFIN2O-2. The Morgan fingerprint density at radius 2 is 1.60 bits per heavy atom. The van der Waals surface area contributed by atoms with Crippen LogP contribution in [0.3, 0.4) is 0 Å². The molecule has 0 heterocycles. The molecule has 0 aromatic heterocycles. The second-order valence-electron chi connectivity index (χ2n) is 3.04. The molecule has 1 aromatic carbocycles. The summed E-state index contributed by atoms with van der Waals surface area (Å²) in [7, 11) is 0. The average Bonchev–Trinajstić information content (AvgIpc) is 2.07. The van der Waals surface area contributed by atoms with Crippen LogP contribution < -0.4 is 0 Å². The van der Waals surface area contributed by atoms with E-state index >= 15 is 0 Å². The minimum Gasteiger partial charge on any atom is -0.693 e. The normalized spacial score (nSPS) is 9.00. The molecule has 6 heteroatoms. The molecule has 0 unspecified atom stereocenters. The van der Waals surface area contributed by atoms with Gasteiger partial charge < -0.3 is 17.4 Å². The van der Waals surface area contributed by atoms with Crippen LogP contribution in [-0.2, 0) is 22.1 Å². The summed E-state index contributed by atoms with van der Waals surface area (Å²) in [6, 6.07) is 7.85. The first-order valence-electron chi connectivity index (χ1n) is 3.60. The molecule has 0 saturated heterocycles. The summed E-state index contributed by atoms with van der Waals surface area (Å²) in [6.45, 7) is 3.59. The van der Waals surface area contributed by atoms with E-state index in [0.29, 0.717) is 0 Å². The van der Waals surface area contributed by atoms with Gasteiger partial charge in [0, 0.05) is 3.57 Å². The van der Waals surface area contributed by atoms with Crippen LogP contribution in [0.4, 0.5) is 3.55 Å². The van der Waals surface area contributed by atoms with E-state index in [1.165, 1.54) is 0 Å². The Bertz CT molecular complexity index is 269. The fourth-order valence-electron chi connectivity index (χ4n) is 0.957. The number of hydrogen-bond donors (Lipinski definition) is 1. The van der Waals surface area contributed by atoms with Crippen LogP contribution >= 0.6 is 22.6 Å². The second kappa shape index (κ2) is 9.50. The number of halogens is 2. The minimum atomic E-state index is -0.724. The Morgan fingerprint density at radius 1 is 1.20 bits per heavy atom. The first-order chi connectivity index (χ1) is 6.02. The minimum absolute atomic E-state index is 0. The molecule has 3 nitrogen and oxygen atoms in total. The average molecular weight is 377 g/mol. The monoisotopic (exact) mass is 376 g/mol. The number of aliphatic hydroxyl groups is 1. The third-order valence-electron chi connectivity index (χ3n) is 1.53. The van der Waals surface area contributed by atoms with Gasteiger partial charge >= 0.3 is 20.0 Å². The fourth-order valence-corrected chi connectivity index (χ4v) is 2.00. The van der Waals surface area contributed by atoms with Gasteiger partial charge in [-0.15, -0.1) is 0 Å². The molecule has 1 rings (SSSR count). The van der Waals surface area contributed by atoms with Crippen LogP contribution in [0, 0.1) is 3.57 Å². The second-order valence-corrected chi connectivity index (χ2v) is 4.20. The molecule has 0 spiro atoms. The van der Waals surface area contributed by atoms with Gasteiger partial charge in [-0.1, -0.05) is 18.2 Å². The Hall–Kier alpha value is 0.279. The molecule has 0 amide bonds. The smallest absolute Gasteiger partial charge is 0.693 e. The quantitative estimate of drug-likeness (QED) is 0.572. The van der Waals surface area contributed by atoms with Gasteiger partial charge in [-0.05, 0) is 48.1 Å². The van der Waals surface area contributed by atoms with E-state index in [1.54, 1.807) is 13.8 Å². The molecule has 0 aliphatic rings. The van der Waals surface area contributed by atoms with E-state index in [4.69, 9.17) is 3.55 Å². The Balaban J connectivity index is -0.000000339. The van der Waals surface area contributed by atoms with Crippen LogP contribution in [-0.4, -0.2) is 5.11 Å². The molecule has 0 aliphatic carbocycles. The van der Waals surface area contributed by atoms with Crippen molar-refractivity contribution in [2.24, 2.45) is 0 Å². The van der Waals surface area contributed by atoms with E-state index in [1.807, 2.05) is 24.3 Å². The zero-order chi connectivity index (χ0) is 10.5. The molecule has 0 atom stereocenters. The summed E-state index contributed by atoms with van der Waals surface area (Å²) in [4.78, 5) is 0. The van der Waals surface area contributed by atoms with Gasteiger partial charge in [0.1, 0.15) is 0 Å². The van der Waals surface area contributed by atoms with Crippen molar-refractivity contribution in [3.63, 3.8) is 0 Å². The summed E-state index contributed by atoms with van der Waals surface area (Å²) >= 11 is 4.91. The SMILES string of the molecule is CC(C)(O)c1ccccc1I.[F][Cu].[NH2-].[NH2-]. The van der Waals surface area contributed by atoms with E-state index in [-0.39, 0.29) is 12.3 Å². The van der Waals surface area contributed by atoms with E-state index < -0.39 is 5.60 Å². The summed E-state index contributed by atoms with van der Waals surface area (Å²) < 4.78 is 10.2. The number of benzene rings is 1. The van der Waals surface area contributed by atoms with Crippen LogP contribution in [0.15, 0.2) is 24.3 Å². The standard InChI is InChI=1S/C9H11IO.Cu.FH.2H2N/c1-9(2,11)7-5-3-4-6-8(7)10;;;;/h3-6,11H,1-2H3;;1H;2*1H2/q;+1;;2*-1/p-1. The van der Waals surface area contributed by atoms with Gasteiger partial charge in [0.05, 0.1) is 5.60 Å². The van der Waals surface area contributed by atoms with Gasteiger partial charge in [-0.2, -0.15) is 0 Å². The summed E-state index contributed by atoms with van der Waals surface area (Å²) in [6.07, 6.45) is 0. The van der Waals surface area contributed by atoms with Crippen LogP contribution in [0.2, 0.25) is 0 Å². The maximum Gasteiger partial charge on any atom is -0.693 e. The third-order valence-corrected chi connectivity index (χ3v) is 2.47.